The number of rotatable bonds is 8. The normalized spacial score (nSPS) is 14.8. The van der Waals surface area contributed by atoms with Crippen LogP contribution in [0.1, 0.15) is 56.3 Å². The van der Waals surface area contributed by atoms with Gasteiger partial charge in [-0.2, -0.15) is 0 Å². The molecule has 3 aromatic carbocycles. The van der Waals surface area contributed by atoms with Crippen molar-refractivity contribution in [1.82, 2.24) is 10.2 Å². The van der Waals surface area contributed by atoms with Crippen molar-refractivity contribution in [3.05, 3.63) is 77.4 Å². The van der Waals surface area contributed by atoms with E-state index in [1.807, 2.05) is 74.5 Å². The number of aliphatic hydroxyl groups is 1. The van der Waals surface area contributed by atoms with E-state index in [0.29, 0.717) is 5.69 Å². The molecule has 1 aliphatic rings. The summed E-state index contributed by atoms with van der Waals surface area (Å²) >= 11 is 0. The summed E-state index contributed by atoms with van der Waals surface area (Å²) in [5.41, 5.74) is 2.30. The molecule has 2 atom stereocenters. The van der Waals surface area contributed by atoms with Crippen LogP contribution in [0.5, 0.6) is 0 Å². The van der Waals surface area contributed by atoms with Gasteiger partial charge in [0.05, 0.1) is 6.61 Å². The third-order valence-electron chi connectivity index (χ3n) is 6.73. The third-order valence-corrected chi connectivity index (χ3v) is 6.73. The summed E-state index contributed by atoms with van der Waals surface area (Å²) in [5.74, 6) is -0.899. The molecule has 0 bridgehead atoms. The Morgan fingerprint density at radius 1 is 0.974 bits per heavy atom. The van der Waals surface area contributed by atoms with Crippen LogP contribution in [-0.2, 0) is 14.3 Å². The first kappa shape index (κ1) is 28.1. The molecule has 3 aromatic rings. The molecule has 1 aliphatic carbocycles. The first-order chi connectivity index (χ1) is 18.5. The van der Waals surface area contributed by atoms with Gasteiger partial charge in [-0.25, -0.2) is 4.79 Å². The zero-order chi connectivity index (χ0) is 28.3. The lowest BCUT2D eigenvalue weighted by Crippen LogP contribution is -2.54. The highest BCUT2D eigenvalue weighted by atomic mass is 16.6. The van der Waals surface area contributed by atoms with Crippen LogP contribution >= 0.6 is 0 Å². The molecular weight excluding hydrogens is 494 g/mol. The SMILES string of the molecule is Cc1cccc(C)c1C(C(=O)Nc1ccc2ccccc2c1)N(C(=O)C(CO)NC(=O)OC(C)(C)C)C1CC1. The molecule has 0 radical (unpaired) electrons. The lowest BCUT2D eigenvalue weighted by Gasteiger charge is -2.35. The lowest BCUT2D eigenvalue weighted by molar-refractivity contribution is -0.142. The van der Waals surface area contributed by atoms with Crippen LogP contribution < -0.4 is 10.6 Å². The summed E-state index contributed by atoms with van der Waals surface area (Å²) in [5, 5.41) is 17.7. The van der Waals surface area contributed by atoms with Crippen LogP contribution in [0.3, 0.4) is 0 Å². The summed E-state index contributed by atoms with van der Waals surface area (Å²) in [7, 11) is 0. The molecule has 0 saturated heterocycles. The molecule has 0 spiro atoms. The van der Waals surface area contributed by atoms with Gasteiger partial charge in [-0.15, -0.1) is 0 Å². The Bertz CT molecular complexity index is 1360. The van der Waals surface area contributed by atoms with E-state index in [-0.39, 0.29) is 11.9 Å². The van der Waals surface area contributed by atoms with Gasteiger partial charge in [-0.05, 0) is 87.1 Å². The Morgan fingerprint density at radius 2 is 1.62 bits per heavy atom. The number of carbonyl (C=O) groups excluding carboxylic acids is 3. The average molecular weight is 532 g/mol. The van der Waals surface area contributed by atoms with Crippen molar-refractivity contribution in [2.75, 3.05) is 11.9 Å². The standard InChI is InChI=1S/C31H37N3O5/c1-19-9-8-10-20(2)26(19)27(28(36)32-23-14-13-21-11-6-7-12-22(21)17-23)34(24-15-16-24)29(37)25(18-35)33-30(38)39-31(3,4)5/h6-14,17,24-25,27,35H,15-16,18H2,1-5H3,(H,32,36)(H,33,38). The predicted octanol–water partition coefficient (Wildman–Crippen LogP) is 5.01. The van der Waals surface area contributed by atoms with Crippen LogP contribution in [0, 0.1) is 13.8 Å². The van der Waals surface area contributed by atoms with Crippen molar-refractivity contribution in [1.29, 1.82) is 0 Å². The number of carbonyl (C=O) groups is 3. The molecule has 1 saturated carbocycles. The molecule has 0 heterocycles. The number of benzene rings is 3. The van der Waals surface area contributed by atoms with Crippen molar-refractivity contribution < 1.29 is 24.2 Å². The molecule has 0 aliphatic heterocycles. The van der Waals surface area contributed by atoms with E-state index in [1.165, 1.54) is 4.90 Å². The van der Waals surface area contributed by atoms with E-state index >= 15 is 0 Å². The maximum Gasteiger partial charge on any atom is 0.408 e. The Hall–Kier alpha value is -3.91. The second kappa shape index (κ2) is 11.5. The van der Waals surface area contributed by atoms with Crippen molar-refractivity contribution in [3.8, 4) is 0 Å². The zero-order valence-electron chi connectivity index (χ0n) is 23.2. The van der Waals surface area contributed by atoms with Crippen LogP contribution in [0.2, 0.25) is 0 Å². The fourth-order valence-electron chi connectivity index (χ4n) is 4.82. The molecule has 3 N–H and O–H groups in total. The number of anilines is 1. The summed E-state index contributed by atoms with van der Waals surface area (Å²) in [4.78, 5) is 42.0. The number of nitrogens with zero attached hydrogens (tertiary/aromatic N) is 1. The summed E-state index contributed by atoms with van der Waals surface area (Å²) in [6, 6.07) is 16.9. The second-order valence-electron chi connectivity index (χ2n) is 11.1. The molecule has 8 heteroatoms. The van der Waals surface area contributed by atoms with Crippen molar-refractivity contribution in [2.24, 2.45) is 0 Å². The summed E-state index contributed by atoms with van der Waals surface area (Å²) in [6.07, 6.45) is 0.636. The summed E-state index contributed by atoms with van der Waals surface area (Å²) < 4.78 is 5.31. The molecule has 1 fully saturated rings. The second-order valence-corrected chi connectivity index (χ2v) is 11.1. The van der Waals surface area contributed by atoms with E-state index < -0.39 is 36.3 Å². The first-order valence-electron chi connectivity index (χ1n) is 13.3. The van der Waals surface area contributed by atoms with Gasteiger partial charge < -0.3 is 25.4 Å². The van der Waals surface area contributed by atoms with Crippen LogP contribution in [0.4, 0.5) is 10.5 Å². The number of aliphatic hydroxyl groups excluding tert-OH is 1. The lowest BCUT2D eigenvalue weighted by atomic mass is 9.93. The van der Waals surface area contributed by atoms with Gasteiger partial charge in [-0.1, -0.05) is 48.5 Å². The highest BCUT2D eigenvalue weighted by molar-refractivity contribution is 6.01. The molecular formula is C31H37N3O5. The quantitative estimate of drug-likeness (QED) is 0.379. The van der Waals surface area contributed by atoms with Crippen molar-refractivity contribution in [2.45, 2.75) is 71.2 Å². The maximum absolute atomic E-state index is 14.1. The molecule has 4 rings (SSSR count). The van der Waals surface area contributed by atoms with Gasteiger partial charge >= 0.3 is 6.09 Å². The smallest absolute Gasteiger partial charge is 0.408 e. The Morgan fingerprint density at radius 3 is 2.21 bits per heavy atom. The number of ether oxygens (including phenoxy) is 1. The predicted molar refractivity (Wildman–Crippen MR) is 151 cm³/mol. The molecule has 0 aromatic heterocycles. The van der Waals surface area contributed by atoms with Crippen LogP contribution in [-0.4, -0.2) is 52.2 Å². The summed E-state index contributed by atoms with van der Waals surface area (Å²) in [6.45, 7) is 8.34. The highest BCUT2D eigenvalue weighted by Crippen LogP contribution is 2.38. The van der Waals surface area contributed by atoms with E-state index in [1.54, 1.807) is 20.8 Å². The topological polar surface area (TPSA) is 108 Å². The minimum Gasteiger partial charge on any atom is -0.444 e. The molecule has 8 nitrogen and oxygen atoms in total. The first-order valence-corrected chi connectivity index (χ1v) is 13.3. The largest absolute Gasteiger partial charge is 0.444 e. The number of hydrogen-bond donors (Lipinski definition) is 3. The number of aryl methyl sites for hydroxylation is 2. The Balaban J connectivity index is 1.70. The van der Waals surface area contributed by atoms with Gasteiger partial charge in [0.25, 0.3) is 5.91 Å². The Labute approximate surface area is 229 Å². The number of alkyl carbamates (subject to hydrolysis) is 1. The van der Waals surface area contributed by atoms with Crippen LogP contribution in [0.15, 0.2) is 60.7 Å². The van der Waals surface area contributed by atoms with Crippen molar-refractivity contribution in [3.63, 3.8) is 0 Å². The minimum absolute atomic E-state index is 0.196. The number of amides is 3. The number of fused-ring (bicyclic) bond motifs is 1. The molecule has 206 valence electrons. The third kappa shape index (κ3) is 6.75. The number of hydrogen-bond acceptors (Lipinski definition) is 5. The zero-order valence-corrected chi connectivity index (χ0v) is 23.2. The van der Waals surface area contributed by atoms with E-state index in [4.69, 9.17) is 4.74 Å². The van der Waals surface area contributed by atoms with Gasteiger partial charge in [0.15, 0.2) is 0 Å². The van der Waals surface area contributed by atoms with E-state index in [2.05, 4.69) is 10.6 Å². The fourth-order valence-corrected chi connectivity index (χ4v) is 4.82. The fraction of sp³-hybridized carbons (Fsp3) is 0.387. The van der Waals surface area contributed by atoms with Gasteiger partial charge in [0.1, 0.15) is 17.7 Å². The Kier molecular flexibility index (Phi) is 8.25. The van der Waals surface area contributed by atoms with E-state index in [9.17, 15) is 19.5 Å². The molecule has 3 amide bonds. The minimum atomic E-state index is -1.26. The molecule has 39 heavy (non-hydrogen) atoms. The average Bonchev–Trinajstić information content (AvgIpc) is 3.70. The van der Waals surface area contributed by atoms with Gasteiger partial charge in [0, 0.05) is 11.7 Å². The van der Waals surface area contributed by atoms with Gasteiger partial charge in [0.2, 0.25) is 5.91 Å². The van der Waals surface area contributed by atoms with E-state index in [0.717, 1.165) is 40.3 Å². The maximum atomic E-state index is 14.1. The monoisotopic (exact) mass is 531 g/mol. The van der Waals surface area contributed by atoms with Crippen LogP contribution in [0.25, 0.3) is 10.8 Å². The van der Waals surface area contributed by atoms with Crippen molar-refractivity contribution >= 4 is 34.4 Å². The highest BCUT2D eigenvalue weighted by Gasteiger charge is 2.44. The molecule has 2 unspecified atom stereocenters. The number of nitrogens with one attached hydrogen (secondary N) is 2. The van der Waals surface area contributed by atoms with Gasteiger partial charge in [-0.3, -0.25) is 9.59 Å².